The highest BCUT2D eigenvalue weighted by molar-refractivity contribution is 5.53. The Morgan fingerprint density at radius 1 is 1.33 bits per heavy atom. The van der Waals surface area contributed by atoms with Gasteiger partial charge < -0.3 is 5.32 Å². The zero-order chi connectivity index (χ0) is 15.5. The van der Waals surface area contributed by atoms with Gasteiger partial charge in [0.25, 0.3) is 0 Å². The predicted molar refractivity (Wildman–Crippen MR) is 71.6 cm³/mol. The summed E-state index contributed by atoms with van der Waals surface area (Å²) in [4.78, 5) is 0. The van der Waals surface area contributed by atoms with Crippen LogP contribution in [0, 0.1) is 11.3 Å². The summed E-state index contributed by atoms with van der Waals surface area (Å²) in [5.41, 5.74) is -0.113. The number of benzene rings is 1. The lowest BCUT2D eigenvalue weighted by molar-refractivity contribution is -0.137. The van der Waals surface area contributed by atoms with Gasteiger partial charge in [-0.3, -0.25) is 4.68 Å². The molecular weight excluding hydrogens is 281 g/mol. The molecule has 110 valence electrons. The number of alkyl halides is 3. The van der Waals surface area contributed by atoms with E-state index in [1.165, 1.54) is 12.1 Å². The van der Waals surface area contributed by atoms with Gasteiger partial charge in [0.2, 0.25) is 0 Å². The van der Waals surface area contributed by atoms with Crippen LogP contribution in [0.2, 0.25) is 0 Å². The number of aromatic nitrogens is 2. The smallest absolute Gasteiger partial charge is 0.385 e. The molecule has 21 heavy (non-hydrogen) atoms. The highest BCUT2D eigenvalue weighted by atomic mass is 19.4. The van der Waals surface area contributed by atoms with E-state index in [9.17, 15) is 13.2 Å². The van der Waals surface area contributed by atoms with Crippen molar-refractivity contribution in [2.24, 2.45) is 7.05 Å². The molecule has 0 saturated carbocycles. The first kappa shape index (κ1) is 14.9. The molecule has 4 nitrogen and oxygen atoms in total. The third-order valence-corrected chi connectivity index (χ3v) is 2.92. The molecule has 0 amide bonds. The maximum absolute atomic E-state index is 12.8. The minimum Gasteiger partial charge on any atom is -0.385 e. The van der Waals surface area contributed by atoms with Crippen LogP contribution < -0.4 is 5.32 Å². The first-order chi connectivity index (χ1) is 9.90. The van der Waals surface area contributed by atoms with Crippen LogP contribution in [0.4, 0.5) is 18.9 Å². The molecule has 1 aromatic heterocycles. The number of hydrogen-bond donors (Lipinski definition) is 1. The summed E-state index contributed by atoms with van der Waals surface area (Å²) in [5, 5.41) is 15.8. The largest absolute Gasteiger partial charge is 0.417 e. The van der Waals surface area contributed by atoms with E-state index in [1.807, 2.05) is 6.07 Å². The highest BCUT2D eigenvalue weighted by Crippen LogP contribution is 2.33. The molecule has 1 heterocycles. The molecule has 0 unspecified atom stereocenters. The fourth-order valence-corrected chi connectivity index (χ4v) is 1.92. The molecule has 7 heteroatoms. The molecule has 2 aromatic rings. The van der Waals surface area contributed by atoms with Gasteiger partial charge in [-0.05, 0) is 24.3 Å². The molecule has 0 atom stereocenters. The van der Waals surface area contributed by atoms with Gasteiger partial charge in [0.1, 0.15) is 0 Å². The second kappa shape index (κ2) is 5.87. The highest BCUT2D eigenvalue weighted by Gasteiger charge is 2.33. The number of nitrogens with one attached hydrogen (secondary N) is 1. The van der Waals surface area contributed by atoms with Crippen LogP contribution in [0.5, 0.6) is 0 Å². The average Bonchev–Trinajstić information content (AvgIpc) is 2.83. The zero-order valence-electron chi connectivity index (χ0n) is 11.3. The topological polar surface area (TPSA) is 53.6 Å². The van der Waals surface area contributed by atoms with Crippen LogP contribution in [0.15, 0.2) is 30.5 Å². The lowest BCUT2D eigenvalue weighted by Gasteiger charge is -2.12. The van der Waals surface area contributed by atoms with Crippen molar-refractivity contribution in [2.75, 3.05) is 11.9 Å². The Hall–Kier alpha value is -2.49. The van der Waals surface area contributed by atoms with Gasteiger partial charge in [0.05, 0.1) is 22.9 Å². The van der Waals surface area contributed by atoms with Crippen molar-refractivity contribution in [2.45, 2.75) is 12.6 Å². The fraction of sp³-hybridized carbons (Fsp3) is 0.286. The average molecular weight is 294 g/mol. The van der Waals surface area contributed by atoms with E-state index < -0.39 is 11.7 Å². The van der Waals surface area contributed by atoms with Crippen molar-refractivity contribution >= 4 is 5.69 Å². The van der Waals surface area contributed by atoms with E-state index >= 15 is 0 Å². The Kier molecular flexibility index (Phi) is 4.17. The second-order valence-electron chi connectivity index (χ2n) is 4.53. The maximum atomic E-state index is 12.8. The van der Waals surface area contributed by atoms with Gasteiger partial charge in [-0.1, -0.05) is 0 Å². The van der Waals surface area contributed by atoms with E-state index in [2.05, 4.69) is 10.4 Å². The van der Waals surface area contributed by atoms with Crippen LogP contribution in [0.3, 0.4) is 0 Å². The molecule has 2 rings (SSSR count). The predicted octanol–water partition coefficient (Wildman–Crippen LogP) is 2.97. The number of nitrogens with zero attached hydrogens (tertiary/aromatic N) is 3. The molecule has 0 radical (unpaired) electrons. The van der Waals surface area contributed by atoms with Crippen LogP contribution in [0.1, 0.15) is 16.8 Å². The summed E-state index contributed by atoms with van der Waals surface area (Å²) < 4.78 is 40.1. The number of hydrogen-bond acceptors (Lipinski definition) is 3. The van der Waals surface area contributed by atoms with Gasteiger partial charge in [-0.25, -0.2) is 0 Å². The lowest BCUT2D eigenvalue weighted by Crippen LogP contribution is -2.10. The number of nitriles is 1. The van der Waals surface area contributed by atoms with Crippen LogP contribution in [-0.4, -0.2) is 16.3 Å². The standard InChI is InChI=1S/C14H13F3N4/c1-21-7-5-11(20-21)4-6-19-12-3-2-10(9-18)13(8-12)14(15,16)17/h2-3,5,7-8,19H,4,6H2,1H3. The Labute approximate surface area is 119 Å². The van der Waals surface area contributed by atoms with Crippen LogP contribution in [0.25, 0.3) is 0 Å². The SMILES string of the molecule is Cn1ccc(CCNc2ccc(C#N)c(C(F)(F)F)c2)n1. The normalized spacial score (nSPS) is 11.2. The van der Waals surface area contributed by atoms with E-state index in [0.29, 0.717) is 18.7 Å². The fourth-order valence-electron chi connectivity index (χ4n) is 1.92. The third kappa shape index (κ3) is 3.75. The molecule has 0 saturated heterocycles. The molecule has 1 aromatic carbocycles. The molecule has 0 fully saturated rings. The Morgan fingerprint density at radius 3 is 2.67 bits per heavy atom. The maximum Gasteiger partial charge on any atom is 0.417 e. The Bertz CT molecular complexity index is 668. The Morgan fingerprint density at radius 2 is 2.10 bits per heavy atom. The van der Waals surface area contributed by atoms with Crippen molar-refractivity contribution in [1.29, 1.82) is 5.26 Å². The Balaban J connectivity index is 2.06. The van der Waals surface area contributed by atoms with Gasteiger partial charge in [0, 0.05) is 31.9 Å². The van der Waals surface area contributed by atoms with Crippen molar-refractivity contribution in [3.63, 3.8) is 0 Å². The van der Waals surface area contributed by atoms with Crippen molar-refractivity contribution < 1.29 is 13.2 Å². The molecular formula is C14H13F3N4. The third-order valence-electron chi connectivity index (χ3n) is 2.92. The quantitative estimate of drug-likeness (QED) is 0.943. The summed E-state index contributed by atoms with van der Waals surface area (Å²) in [6, 6.07) is 6.99. The molecule has 0 aliphatic heterocycles. The van der Waals surface area contributed by atoms with Gasteiger partial charge in [-0.2, -0.15) is 23.5 Å². The lowest BCUT2D eigenvalue weighted by atomic mass is 10.1. The van der Waals surface area contributed by atoms with E-state index in [4.69, 9.17) is 5.26 Å². The minimum absolute atomic E-state index is 0.331. The molecule has 0 aliphatic rings. The number of halogens is 3. The molecule has 0 aliphatic carbocycles. The van der Waals surface area contributed by atoms with Crippen LogP contribution in [-0.2, 0) is 19.6 Å². The summed E-state index contributed by atoms with van der Waals surface area (Å²) in [7, 11) is 1.80. The van der Waals surface area contributed by atoms with E-state index in [0.717, 1.165) is 11.8 Å². The van der Waals surface area contributed by atoms with E-state index in [1.54, 1.807) is 24.0 Å². The summed E-state index contributed by atoms with van der Waals surface area (Å²) >= 11 is 0. The molecule has 0 spiro atoms. The van der Waals surface area contributed by atoms with Crippen molar-refractivity contribution in [1.82, 2.24) is 9.78 Å². The number of aryl methyl sites for hydroxylation is 1. The zero-order valence-corrected chi connectivity index (χ0v) is 11.3. The molecule has 1 N–H and O–H groups in total. The number of anilines is 1. The van der Waals surface area contributed by atoms with Crippen molar-refractivity contribution in [3.05, 3.63) is 47.3 Å². The van der Waals surface area contributed by atoms with Gasteiger partial charge >= 0.3 is 6.18 Å². The van der Waals surface area contributed by atoms with Gasteiger partial charge in [-0.15, -0.1) is 0 Å². The summed E-state index contributed by atoms with van der Waals surface area (Å²) in [6.07, 6.45) is -2.13. The number of rotatable bonds is 4. The van der Waals surface area contributed by atoms with Gasteiger partial charge in [0.15, 0.2) is 0 Å². The summed E-state index contributed by atoms with van der Waals surface area (Å²) in [6.45, 7) is 0.459. The second-order valence-corrected chi connectivity index (χ2v) is 4.53. The van der Waals surface area contributed by atoms with Crippen molar-refractivity contribution in [3.8, 4) is 6.07 Å². The first-order valence-corrected chi connectivity index (χ1v) is 6.24. The summed E-state index contributed by atoms with van der Waals surface area (Å²) in [5.74, 6) is 0. The minimum atomic E-state index is -4.54. The molecule has 0 bridgehead atoms. The monoisotopic (exact) mass is 294 g/mol. The first-order valence-electron chi connectivity index (χ1n) is 6.24. The van der Waals surface area contributed by atoms with Crippen LogP contribution >= 0.6 is 0 Å². The van der Waals surface area contributed by atoms with E-state index in [-0.39, 0.29) is 5.56 Å².